The zero-order chi connectivity index (χ0) is 36.5. The second-order valence-corrected chi connectivity index (χ2v) is 12.3. The molecule has 0 N–H and O–H groups in total. The minimum atomic E-state index is -5.17. The van der Waals surface area contributed by atoms with Gasteiger partial charge in [0.25, 0.3) is 0 Å². The van der Waals surface area contributed by atoms with Gasteiger partial charge in [-0.1, -0.05) is 72.4 Å². The van der Waals surface area contributed by atoms with Gasteiger partial charge < -0.3 is 32.1 Å². The summed E-state index contributed by atoms with van der Waals surface area (Å²) in [6, 6.07) is 9.60. The van der Waals surface area contributed by atoms with Crippen molar-refractivity contribution in [3.8, 4) is 0 Å². The van der Waals surface area contributed by atoms with Gasteiger partial charge in [-0.25, -0.2) is 9.97 Å². The molecule has 10 nitrogen and oxygen atoms in total. The molecule has 0 amide bonds. The van der Waals surface area contributed by atoms with E-state index in [-0.39, 0.29) is 56.2 Å². The Bertz CT molecular complexity index is 1520. The molecule has 0 bridgehead atoms. The maximum atomic E-state index is 11.8. The number of imidazole rings is 2. The van der Waals surface area contributed by atoms with Gasteiger partial charge in [0.1, 0.15) is 12.1 Å². The Morgan fingerprint density at radius 3 is 1.20 bits per heavy atom. The first-order chi connectivity index (χ1) is 22.0. The molecule has 278 valence electrons. The van der Waals surface area contributed by atoms with Crippen LogP contribution >= 0.6 is 71.7 Å². The Balaban J connectivity index is -0.000000675. The first-order valence-corrected chi connectivity index (χ1v) is 17.1. The number of thiol groups is 2. The molecule has 0 aliphatic heterocycles. The Labute approximate surface area is 340 Å². The van der Waals surface area contributed by atoms with Gasteiger partial charge in [0.05, 0.1) is 12.7 Å². The number of carbonyl (C=O) groups is 2. The fourth-order valence-electron chi connectivity index (χ4n) is 4.15. The van der Waals surface area contributed by atoms with Crippen molar-refractivity contribution in [2.24, 2.45) is 0 Å². The van der Waals surface area contributed by atoms with E-state index < -0.39 is 22.5 Å². The molecule has 0 saturated carbocycles. The van der Waals surface area contributed by atoms with Crippen molar-refractivity contribution in [2.75, 3.05) is 0 Å². The van der Waals surface area contributed by atoms with Crippen molar-refractivity contribution < 1.29 is 61.2 Å². The molecule has 0 fully saturated rings. The number of hydrogen-bond acceptors (Lipinski definition) is 8. The van der Waals surface area contributed by atoms with Crippen molar-refractivity contribution in [3.63, 3.8) is 0 Å². The summed E-state index contributed by atoms with van der Waals surface area (Å²) in [5.74, 6) is -0.270. The average Bonchev–Trinajstić information content (AvgIpc) is 3.70. The quantitative estimate of drug-likeness (QED) is 0.0590. The van der Waals surface area contributed by atoms with E-state index in [1.807, 2.05) is 26.0 Å². The normalized spacial score (nSPS) is 12.4. The summed E-state index contributed by atoms with van der Waals surface area (Å²) in [6.07, 6.45) is 9.91. The van der Waals surface area contributed by atoms with E-state index in [4.69, 9.17) is 63.9 Å². The molecule has 4 unspecified atom stereocenters. The second-order valence-electron chi connectivity index (χ2n) is 8.90. The van der Waals surface area contributed by atoms with Crippen LogP contribution in [-0.4, -0.2) is 46.9 Å². The van der Waals surface area contributed by atoms with E-state index >= 15 is 0 Å². The smallest absolute Gasteiger partial charge is 0.759 e. The van der Waals surface area contributed by atoms with E-state index in [1.54, 1.807) is 84.7 Å². The molecule has 2 heterocycles. The molecule has 4 rings (SSSR count). The van der Waals surface area contributed by atoms with Gasteiger partial charge in [0, 0.05) is 67.1 Å². The fourth-order valence-corrected chi connectivity index (χ4v) is 6.02. The van der Waals surface area contributed by atoms with E-state index in [0.29, 0.717) is 20.1 Å². The van der Waals surface area contributed by atoms with Crippen molar-refractivity contribution in [1.82, 2.24) is 19.1 Å². The van der Waals surface area contributed by atoms with Crippen LogP contribution in [-0.2, 0) is 54.1 Å². The minimum Gasteiger partial charge on any atom is -0.759 e. The molecule has 0 aliphatic rings. The first kappa shape index (κ1) is 52.3. The van der Waals surface area contributed by atoms with Crippen LogP contribution in [0.2, 0.25) is 20.1 Å². The molecule has 2 radical (unpaired) electrons. The van der Waals surface area contributed by atoms with Crippen LogP contribution < -0.4 is 0 Å². The van der Waals surface area contributed by atoms with Gasteiger partial charge in [-0.15, -0.1) is 25.3 Å². The van der Waals surface area contributed by atoms with Crippen LogP contribution in [0.1, 0.15) is 62.7 Å². The number of aromatic nitrogens is 4. The third-order valence-corrected chi connectivity index (χ3v) is 7.71. The summed E-state index contributed by atoms with van der Waals surface area (Å²) in [4.78, 5) is 31.5. The number of benzene rings is 2. The summed E-state index contributed by atoms with van der Waals surface area (Å²) < 4.78 is 37.5. The Morgan fingerprint density at radius 2 is 1.00 bits per heavy atom. The largest absolute Gasteiger partial charge is 2.00 e. The average molecular weight is 912 g/mol. The maximum Gasteiger partial charge on any atom is 2.00 e. The van der Waals surface area contributed by atoms with Crippen LogP contribution in [0.15, 0.2) is 73.8 Å². The van der Waals surface area contributed by atoms with Gasteiger partial charge >= 0.3 is 34.1 Å². The summed E-state index contributed by atoms with van der Waals surface area (Å²) in [7, 11) is -5.17. The van der Waals surface area contributed by atoms with Gasteiger partial charge in [0.2, 0.25) is 10.2 Å². The van der Waals surface area contributed by atoms with Crippen LogP contribution in [0.4, 0.5) is 0 Å². The minimum absolute atomic E-state index is 0. The zero-order valence-corrected chi connectivity index (χ0v) is 33.8. The van der Waals surface area contributed by atoms with Crippen LogP contribution in [0.25, 0.3) is 0 Å². The van der Waals surface area contributed by atoms with E-state index in [9.17, 15) is 9.59 Å². The van der Waals surface area contributed by atoms with Gasteiger partial charge in [-0.3, -0.25) is 18.0 Å². The van der Waals surface area contributed by atoms with Crippen molar-refractivity contribution in [1.29, 1.82) is 0 Å². The van der Waals surface area contributed by atoms with E-state index in [2.05, 4.69) is 49.1 Å². The number of halogens is 4. The van der Waals surface area contributed by atoms with Crippen molar-refractivity contribution in [2.45, 2.75) is 51.6 Å². The predicted octanol–water partition coefficient (Wildman–Crippen LogP) is 8.32. The second kappa shape index (κ2) is 26.7. The molecule has 0 spiro atoms. The number of carbonyl (C=O) groups excluding carboxylic acids is 2. The summed E-state index contributed by atoms with van der Waals surface area (Å²) in [5, 5.41) is 1.74. The van der Waals surface area contributed by atoms with Crippen molar-refractivity contribution in [3.05, 3.63) is 119 Å². The molecule has 0 saturated heterocycles. The van der Waals surface area contributed by atoms with E-state index in [1.165, 1.54) is 0 Å². The Morgan fingerprint density at radius 1 is 0.714 bits per heavy atom. The van der Waals surface area contributed by atoms with Gasteiger partial charge in [-0.2, -0.15) is 13.8 Å². The predicted molar refractivity (Wildman–Crippen MR) is 193 cm³/mol. The van der Waals surface area contributed by atoms with Gasteiger partial charge in [0.15, 0.2) is 0 Å². The molecular weight excluding hydrogens is 877 g/mol. The SMILES string of the molecule is CC(c1ccc(Cl)cc1Cl)C(C(=O)S)n1ccnc1.CC(c1ccc(Cl)cc1Cl)C(C(=O)S)n1ccnc1.O=S(=O)([O-])[O-].[CH2-]C.[CH2-]C.[Cu+2].[Cu+2]. The standard InChI is InChI=1S/2C13H12Cl2N2OS.2C2H5.2Cu.H2O4S/c2*1-8(10-3-2-9(14)6-11(10)15)12(13(18)19)17-5-4-16-7-17;2*1-2;;;1-5(2,3)4/h2*2-8,12H,1H3,(H,18,19);2*1H2,2H3;;;(H2,1,2,3,4)/q;;2*-1;2*+2;/p-2. The summed E-state index contributed by atoms with van der Waals surface area (Å²) >= 11 is 32.1. The van der Waals surface area contributed by atoms with E-state index in [0.717, 1.165) is 11.1 Å². The molecule has 2 aromatic heterocycles. The van der Waals surface area contributed by atoms with Crippen LogP contribution in [0.3, 0.4) is 0 Å². The Hall–Kier alpha value is -1.03. The first-order valence-electron chi connectivity index (χ1n) is 13.4. The maximum absolute atomic E-state index is 11.8. The third-order valence-electron chi connectivity index (χ3n) is 6.05. The van der Waals surface area contributed by atoms with Crippen molar-refractivity contribution >= 4 is 92.3 Å². The molecule has 19 heteroatoms. The number of nitrogens with zero attached hydrogens (tertiary/aromatic N) is 4. The molecule has 2 aromatic carbocycles. The summed E-state index contributed by atoms with van der Waals surface area (Å²) in [5.41, 5.74) is 1.71. The molecule has 0 aliphatic carbocycles. The van der Waals surface area contributed by atoms with Crippen LogP contribution in [0.5, 0.6) is 0 Å². The molecular formula is C30H34Cl4Cu2N4O6S3. The molecule has 49 heavy (non-hydrogen) atoms. The third kappa shape index (κ3) is 18.9. The monoisotopic (exact) mass is 908 g/mol. The summed E-state index contributed by atoms with van der Waals surface area (Å²) in [6.45, 7) is 13.8. The van der Waals surface area contributed by atoms with Crippen LogP contribution in [0, 0.1) is 13.8 Å². The molecule has 4 atom stereocenters. The number of rotatable bonds is 8. The fraction of sp³-hybridized carbons (Fsp3) is 0.267. The Kier molecular flexibility index (Phi) is 28.5. The van der Waals surface area contributed by atoms with Gasteiger partial charge in [-0.05, 0) is 35.4 Å². The molecule has 4 aromatic rings. The number of hydrogen-bond donors (Lipinski definition) is 2. The topological polar surface area (TPSA) is 150 Å². The zero-order valence-electron chi connectivity index (χ0n) is 26.3.